The van der Waals surface area contributed by atoms with Gasteiger partial charge in [0.25, 0.3) is 11.8 Å². The first-order chi connectivity index (χ1) is 12.1. The van der Waals surface area contributed by atoms with E-state index in [0.29, 0.717) is 22.1 Å². The van der Waals surface area contributed by atoms with Crippen LogP contribution in [-0.2, 0) is 0 Å². The molecule has 1 N–H and O–H groups in total. The summed E-state index contributed by atoms with van der Waals surface area (Å²) in [6.07, 6.45) is 5.02. The minimum absolute atomic E-state index is 0.0226. The number of hydrogen-bond acceptors (Lipinski definition) is 3. The molecule has 2 aromatic rings. The molecule has 3 unspecified atom stereocenters. The Kier molecular flexibility index (Phi) is 4.17. The van der Waals surface area contributed by atoms with Crippen molar-refractivity contribution in [2.24, 2.45) is 5.92 Å². The Hall–Kier alpha value is -2.40. The van der Waals surface area contributed by atoms with Gasteiger partial charge in [0.1, 0.15) is 0 Å². The topological polar surface area (TPSA) is 62.3 Å². The predicted octanol–water partition coefficient (Wildman–Crippen LogP) is 2.77. The van der Waals surface area contributed by atoms with Gasteiger partial charge >= 0.3 is 0 Å². The fourth-order valence-corrected chi connectivity index (χ4v) is 4.17. The lowest BCUT2D eigenvalue weighted by molar-refractivity contribution is 0.0648. The monoisotopic (exact) mass is 355 g/mol. The molecule has 2 amide bonds. The maximum Gasteiger partial charge on any atom is 0.255 e. The second kappa shape index (κ2) is 6.48. The minimum atomic E-state index is -0.143. The second-order valence-corrected chi connectivity index (χ2v) is 7.07. The van der Waals surface area contributed by atoms with Crippen LogP contribution in [0.1, 0.15) is 33.6 Å². The number of nitrogens with zero attached hydrogens (tertiary/aromatic N) is 2. The van der Waals surface area contributed by atoms with Gasteiger partial charge < -0.3 is 10.2 Å². The number of rotatable bonds is 3. The summed E-state index contributed by atoms with van der Waals surface area (Å²) >= 11 is 6.18. The fourth-order valence-electron chi connectivity index (χ4n) is 3.95. The first-order valence-corrected chi connectivity index (χ1v) is 8.77. The van der Waals surface area contributed by atoms with E-state index in [9.17, 15) is 9.59 Å². The Bertz CT molecular complexity index is 811. The van der Waals surface area contributed by atoms with E-state index in [2.05, 4.69) is 10.3 Å². The zero-order chi connectivity index (χ0) is 17.4. The van der Waals surface area contributed by atoms with Crippen molar-refractivity contribution in [2.75, 3.05) is 6.54 Å². The summed E-state index contributed by atoms with van der Waals surface area (Å²) in [6, 6.07) is 10.6. The standard InChI is InChI=1S/C19H18ClN3O2/c20-15-6-2-1-5-14(15)19(25)23-11-12-8-16(17(23)9-12)22-18(24)13-4-3-7-21-10-13/h1-7,10,12,16-17H,8-9,11H2,(H,22,24). The van der Waals surface area contributed by atoms with E-state index in [1.807, 2.05) is 17.0 Å². The van der Waals surface area contributed by atoms with Crippen molar-refractivity contribution < 1.29 is 9.59 Å². The maximum absolute atomic E-state index is 12.9. The highest BCUT2D eigenvalue weighted by atomic mass is 35.5. The molecule has 1 aromatic carbocycles. The van der Waals surface area contributed by atoms with E-state index in [1.165, 1.54) is 0 Å². The van der Waals surface area contributed by atoms with Gasteiger partial charge in [-0.25, -0.2) is 0 Å². The third kappa shape index (κ3) is 3.00. The van der Waals surface area contributed by atoms with Crippen LogP contribution < -0.4 is 5.32 Å². The van der Waals surface area contributed by atoms with Crippen LogP contribution in [0.4, 0.5) is 0 Å². The highest BCUT2D eigenvalue weighted by Gasteiger charge is 2.47. The number of carbonyl (C=O) groups is 2. The van der Waals surface area contributed by atoms with Crippen molar-refractivity contribution in [3.8, 4) is 0 Å². The molecule has 6 heteroatoms. The number of aromatic nitrogens is 1. The molecule has 5 nitrogen and oxygen atoms in total. The van der Waals surface area contributed by atoms with Gasteiger partial charge in [0.05, 0.1) is 22.2 Å². The summed E-state index contributed by atoms with van der Waals surface area (Å²) in [5, 5.41) is 3.54. The summed E-state index contributed by atoms with van der Waals surface area (Å²) in [5.74, 6) is 0.227. The van der Waals surface area contributed by atoms with Crippen LogP contribution in [-0.4, -0.2) is 40.3 Å². The quantitative estimate of drug-likeness (QED) is 0.920. The minimum Gasteiger partial charge on any atom is -0.347 e. The lowest BCUT2D eigenvalue weighted by Gasteiger charge is -2.34. The van der Waals surface area contributed by atoms with Crippen LogP contribution in [0.3, 0.4) is 0 Å². The smallest absolute Gasteiger partial charge is 0.255 e. The zero-order valence-electron chi connectivity index (χ0n) is 13.6. The SMILES string of the molecule is O=C(NC1CC2CC1N(C(=O)c1ccccc1Cl)C2)c1cccnc1. The van der Waals surface area contributed by atoms with Crippen LogP contribution in [0.15, 0.2) is 48.8 Å². The Balaban J connectivity index is 1.50. The zero-order valence-corrected chi connectivity index (χ0v) is 14.3. The predicted molar refractivity (Wildman–Crippen MR) is 94.5 cm³/mol. The summed E-state index contributed by atoms with van der Waals surface area (Å²) in [5.41, 5.74) is 1.06. The molecular formula is C19H18ClN3O2. The lowest BCUT2D eigenvalue weighted by atomic mass is 10.0. The summed E-state index contributed by atoms with van der Waals surface area (Å²) in [4.78, 5) is 31.1. The normalized spacial score (nSPS) is 24.4. The molecule has 1 saturated heterocycles. The van der Waals surface area contributed by atoms with Gasteiger partial charge in [-0.15, -0.1) is 0 Å². The Morgan fingerprint density at radius 3 is 2.72 bits per heavy atom. The van der Waals surface area contributed by atoms with E-state index in [-0.39, 0.29) is 23.9 Å². The van der Waals surface area contributed by atoms with Gasteiger partial charge in [-0.3, -0.25) is 14.6 Å². The molecule has 3 atom stereocenters. The number of fused-ring (bicyclic) bond motifs is 2. The van der Waals surface area contributed by atoms with Crippen molar-refractivity contribution in [3.63, 3.8) is 0 Å². The van der Waals surface area contributed by atoms with Crippen molar-refractivity contribution in [1.82, 2.24) is 15.2 Å². The summed E-state index contributed by atoms with van der Waals surface area (Å²) in [7, 11) is 0. The molecule has 1 aliphatic heterocycles. The number of halogens is 1. The third-order valence-corrected chi connectivity index (χ3v) is 5.42. The van der Waals surface area contributed by atoms with Crippen LogP contribution >= 0.6 is 11.6 Å². The number of likely N-dealkylation sites (tertiary alicyclic amines) is 1. The van der Waals surface area contributed by atoms with Crippen LogP contribution in [0.25, 0.3) is 0 Å². The lowest BCUT2D eigenvalue weighted by Crippen LogP contribution is -2.52. The molecule has 2 bridgehead atoms. The van der Waals surface area contributed by atoms with Crippen LogP contribution in [0, 0.1) is 5.92 Å². The number of piperidine rings is 1. The maximum atomic E-state index is 12.9. The second-order valence-electron chi connectivity index (χ2n) is 6.66. The number of amides is 2. The summed E-state index contributed by atoms with van der Waals surface area (Å²) < 4.78 is 0. The number of pyridine rings is 1. The van der Waals surface area contributed by atoms with E-state index in [4.69, 9.17) is 11.6 Å². The highest BCUT2D eigenvalue weighted by molar-refractivity contribution is 6.33. The Labute approximate surface area is 151 Å². The molecule has 2 aliphatic rings. The van der Waals surface area contributed by atoms with Crippen molar-refractivity contribution in [3.05, 3.63) is 64.9 Å². The molecule has 128 valence electrons. The van der Waals surface area contributed by atoms with Gasteiger partial charge in [0, 0.05) is 25.0 Å². The highest BCUT2D eigenvalue weighted by Crippen LogP contribution is 2.39. The number of hydrogen-bond donors (Lipinski definition) is 1. The molecular weight excluding hydrogens is 338 g/mol. The van der Waals surface area contributed by atoms with E-state index < -0.39 is 0 Å². The first-order valence-electron chi connectivity index (χ1n) is 8.40. The van der Waals surface area contributed by atoms with E-state index >= 15 is 0 Å². The van der Waals surface area contributed by atoms with Gasteiger partial charge in [0.2, 0.25) is 0 Å². The molecule has 25 heavy (non-hydrogen) atoms. The fraction of sp³-hybridized carbons (Fsp3) is 0.316. The largest absolute Gasteiger partial charge is 0.347 e. The molecule has 1 aliphatic carbocycles. The van der Waals surface area contributed by atoms with Gasteiger partial charge in [-0.05, 0) is 43.0 Å². The summed E-state index contributed by atoms with van der Waals surface area (Å²) in [6.45, 7) is 0.730. The van der Waals surface area contributed by atoms with Crippen molar-refractivity contribution >= 4 is 23.4 Å². The van der Waals surface area contributed by atoms with Gasteiger partial charge in [-0.2, -0.15) is 0 Å². The number of benzene rings is 1. The molecule has 0 radical (unpaired) electrons. The number of nitrogens with one attached hydrogen (secondary N) is 1. The van der Waals surface area contributed by atoms with Crippen molar-refractivity contribution in [2.45, 2.75) is 24.9 Å². The van der Waals surface area contributed by atoms with Crippen LogP contribution in [0.2, 0.25) is 5.02 Å². The average Bonchev–Trinajstić information content (AvgIpc) is 3.22. The molecule has 1 aromatic heterocycles. The molecule has 2 heterocycles. The molecule has 2 fully saturated rings. The first kappa shape index (κ1) is 16.1. The van der Waals surface area contributed by atoms with Gasteiger partial charge in [0.15, 0.2) is 0 Å². The molecule has 4 rings (SSSR count). The van der Waals surface area contributed by atoms with E-state index in [0.717, 1.165) is 19.4 Å². The third-order valence-electron chi connectivity index (χ3n) is 5.09. The number of carbonyl (C=O) groups excluding carboxylic acids is 2. The van der Waals surface area contributed by atoms with E-state index in [1.54, 1.807) is 36.7 Å². The molecule has 1 saturated carbocycles. The Morgan fingerprint density at radius 2 is 2.00 bits per heavy atom. The van der Waals surface area contributed by atoms with Crippen molar-refractivity contribution in [1.29, 1.82) is 0 Å². The Morgan fingerprint density at radius 1 is 1.16 bits per heavy atom. The average molecular weight is 356 g/mol. The van der Waals surface area contributed by atoms with Crippen LogP contribution in [0.5, 0.6) is 0 Å². The molecule has 0 spiro atoms. The van der Waals surface area contributed by atoms with Gasteiger partial charge in [-0.1, -0.05) is 23.7 Å².